The van der Waals surface area contributed by atoms with Crippen molar-refractivity contribution in [2.45, 2.75) is 18.6 Å². The third kappa shape index (κ3) is 2.72. The Morgan fingerprint density at radius 1 is 1.33 bits per heavy atom. The highest BCUT2D eigenvalue weighted by Crippen LogP contribution is 2.30. The van der Waals surface area contributed by atoms with Crippen molar-refractivity contribution < 1.29 is 22.4 Å². The third-order valence-corrected chi connectivity index (χ3v) is 4.00. The molecular weight excluding hydrogens is 290 g/mol. The molecule has 1 N–H and O–H groups in total. The van der Waals surface area contributed by atoms with Crippen molar-refractivity contribution in [3.8, 4) is 0 Å². The van der Waals surface area contributed by atoms with Crippen LogP contribution in [0.2, 0.25) is 0 Å². The molecule has 8 heteroatoms. The van der Waals surface area contributed by atoms with E-state index in [-0.39, 0.29) is 6.04 Å². The summed E-state index contributed by atoms with van der Waals surface area (Å²) >= 11 is 0. The fourth-order valence-corrected chi connectivity index (χ4v) is 2.96. The van der Waals surface area contributed by atoms with Crippen LogP contribution in [0.15, 0.2) is 12.1 Å². The van der Waals surface area contributed by atoms with E-state index in [1.807, 2.05) is 0 Å². The first kappa shape index (κ1) is 14.2. The Balaban J connectivity index is 1.76. The van der Waals surface area contributed by atoms with Gasteiger partial charge in [0.15, 0.2) is 11.5 Å². The predicted molar refractivity (Wildman–Crippen MR) is 65.0 cm³/mol. The summed E-state index contributed by atoms with van der Waals surface area (Å²) in [5.74, 6) is -1.85. The lowest BCUT2D eigenvalue weighted by Crippen LogP contribution is -2.43. The molecule has 4 nitrogen and oxygen atoms in total. The molecule has 0 saturated carbocycles. The van der Waals surface area contributed by atoms with Crippen molar-refractivity contribution in [3.63, 3.8) is 0 Å². The third-order valence-electron chi connectivity index (χ3n) is 4.00. The number of halogens is 4. The fourth-order valence-electron chi connectivity index (χ4n) is 2.96. The van der Waals surface area contributed by atoms with E-state index in [0.717, 1.165) is 25.6 Å². The Labute approximate surface area is 118 Å². The van der Waals surface area contributed by atoms with Gasteiger partial charge < -0.3 is 10.2 Å². The summed E-state index contributed by atoms with van der Waals surface area (Å²) in [5.41, 5.74) is -2.08. The minimum absolute atomic E-state index is 0.0764. The van der Waals surface area contributed by atoms with Crippen molar-refractivity contribution >= 4 is 5.91 Å². The van der Waals surface area contributed by atoms with E-state index < -0.39 is 29.3 Å². The number of nitrogens with one attached hydrogen (secondary N) is 1. The van der Waals surface area contributed by atoms with Gasteiger partial charge in [0.1, 0.15) is 5.69 Å². The summed E-state index contributed by atoms with van der Waals surface area (Å²) in [7, 11) is 0. The number of amides is 1. The van der Waals surface area contributed by atoms with E-state index in [1.54, 1.807) is 0 Å². The summed E-state index contributed by atoms with van der Waals surface area (Å²) in [5, 5.41) is 2.69. The lowest BCUT2D eigenvalue weighted by atomic mass is 10.00. The standard InChI is InChI=1S/C13H13F4N3O/c14-8-1-2-9(18-11(8)13(15,16)17)12(21)19-10-6-20-4-3-7(10)5-20/h1-2,7,10H,3-6H2,(H,19,21). The molecule has 2 aliphatic heterocycles. The SMILES string of the molecule is O=C(NC1CN2CCC1C2)c1ccc(F)c(C(F)(F)F)n1. The molecule has 1 aromatic heterocycles. The minimum Gasteiger partial charge on any atom is -0.346 e. The van der Waals surface area contributed by atoms with E-state index in [1.165, 1.54) is 0 Å². The molecule has 1 amide bonds. The molecule has 2 aliphatic rings. The molecule has 1 aromatic rings. The van der Waals surface area contributed by atoms with Crippen LogP contribution in [-0.4, -0.2) is 41.5 Å². The monoisotopic (exact) mass is 303 g/mol. The fraction of sp³-hybridized carbons (Fsp3) is 0.538. The van der Waals surface area contributed by atoms with Crippen molar-refractivity contribution in [3.05, 3.63) is 29.3 Å². The lowest BCUT2D eigenvalue weighted by Gasteiger charge is -2.23. The van der Waals surface area contributed by atoms with Crippen LogP contribution in [0.25, 0.3) is 0 Å². The zero-order valence-corrected chi connectivity index (χ0v) is 11.0. The molecule has 0 aliphatic carbocycles. The molecule has 3 heterocycles. The van der Waals surface area contributed by atoms with Gasteiger partial charge in [0, 0.05) is 19.1 Å². The summed E-state index contributed by atoms with van der Waals surface area (Å²) < 4.78 is 50.9. The van der Waals surface area contributed by atoms with Gasteiger partial charge in [0.05, 0.1) is 0 Å². The molecule has 2 saturated heterocycles. The summed E-state index contributed by atoms with van der Waals surface area (Å²) in [4.78, 5) is 17.3. The highest BCUT2D eigenvalue weighted by atomic mass is 19.4. The summed E-state index contributed by atoms with van der Waals surface area (Å²) in [6.45, 7) is 2.59. The van der Waals surface area contributed by atoms with Crippen LogP contribution < -0.4 is 5.32 Å². The molecule has 0 spiro atoms. The second-order valence-electron chi connectivity index (χ2n) is 5.41. The zero-order valence-electron chi connectivity index (χ0n) is 11.0. The van der Waals surface area contributed by atoms with Crippen LogP contribution in [-0.2, 0) is 6.18 Å². The normalized spacial score (nSPS) is 27.9. The second kappa shape index (κ2) is 4.94. The number of nitrogens with zero attached hydrogens (tertiary/aromatic N) is 2. The molecule has 0 aromatic carbocycles. The van der Waals surface area contributed by atoms with E-state index in [4.69, 9.17) is 0 Å². The maximum Gasteiger partial charge on any atom is 0.436 e. The van der Waals surface area contributed by atoms with Gasteiger partial charge in [-0.25, -0.2) is 9.37 Å². The molecule has 3 rings (SSSR count). The maximum absolute atomic E-state index is 13.1. The van der Waals surface area contributed by atoms with E-state index in [0.29, 0.717) is 18.5 Å². The molecule has 21 heavy (non-hydrogen) atoms. The van der Waals surface area contributed by atoms with Gasteiger partial charge in [-0.15, -0.1) is 0 Å². The molecule has 3 atom stereocenters. The summed E-state index contributed by atoms with van der Waals surface area (Å²) in [6.07, 6.45) is -3.95. The van der Waals surface area contributed by atoms with E-state index in [9.17, 15) is 22.4 Å². The van der Waals surface area contributed by atoms with Crippen molar-refractivity contribution in [1.29, 1.82) is 0 Å². The first-order chi connectivity index (χ1) is 9.84. The molecule has 0 radical (unpaired) electrons. The smallest absolute Gasteiger partial charge is 0.346 e. The van der Waals surface area contributed by atoms with Gasteiger partial charge in [-0.05, 0) is 31.0 Å². The number of hydrogen-bond acceptors (Lipinski definition) is 3. The Kier molecular flexibility index (Phi) is 3.35. The second-order valence-corrected chi connectivity index (χ2v) is 5.41. The number of fused-ring (bicyclic) bond motifs is 2. The highest BCUT2D eigenvalue weighted by molar-refractivity contribution is 5.92. The number of alkyl halides is 3. The number of pyridine rings is 1. The molecular formula is C13H13F4N3O. The highest BCUT2D eigenvalue weighted by Gasteiger charge is 2.40. The number of aromatic nitrogens is 1. The minimum atomic E-state index is -4.92. The summed E-state index contributed by atoms with van der Waals surface area (Å²) in [6, 6.07) is 1.51. The average Bonchev–Trinajstić information content (AvgIpc) is 3.00. The maximum atomic E-state index is 13.1. The zero-order chi connectivity index (χ0) is 15.2. The van der Waals surface area contributed by atoms with E-state index in [2.05, 4.69) is 15.2 Å². The first-order valence-corrected chi connectivity index (χ1v) is 6.61. The number of carbonyl (C=O) groups is 1. The quantitative estimate of drug-likeness (QED) is 0.846. The Morgan fingerprint density at radius 3 is 2.67 bits per heavy atom. The van der Waals surface area contributed by atoms with Crippen LogP contribution in [0.4, 0.5) is 17.6 Å². The first-order valence-electron chi connectivity index (χ1n) is 6.61. The van der Waals surface area contributed by atoms with Crippen molar-refractivity contribution in [2.24, 2.45) is 5.92 Å². The Bertz CT molecular complexity index is 575. The predicted octanol–water partition coefficient (Wildman–Crippen LogP) is 1.67. The largest absolute Gasteiger partial charge is 0.436 e. The number of piperidine rings is 1. The van der Waals surface area contributed by atoms with Crippen LogP contribution in [0.5, 0.6) is 0 Å². The van der Waals surface area contributed by atoms with Gasteiger partial charge in [-0.1, -0.05) is 0 Å². The molecule has 2 bridgehead atoms. The lowest BCUT2D eigenvalue weighted by molar-refractivity contribution is -0.143. The van der Waals surface area contributed by atoms with Crippen molar-refractivity contribution in [1.82, 2.24) is 15.2 Å². The van der Waals surface area contributed by atoms with E-state index >= 15 is 0 Å². The van der Waals surface area contributed by atoms with Gasteiger partial charge >= 0.3 is 6.18 Å². The van der Waals surface area contributed by atoms with Crippen LogP contribution in [0.3, 0.4) is 0 Å². The van der Waals surface area contributed by atoms with Crippen molar-refractivity contribution in [2.75, 3.05) is 19.6 Å². The number of rotatable bonds is 2. The molecule has 2 fully saturated rings. The van der Waals surface area contributed by atoms with Gasteiger partial charge in [-0.2, -0.15) is 13.2 Å². The number of hydrogen-bond donors (Lipinski definition) is 1. The van der Waals surface area contributed by atoms with Crippen LogP contribution in [0.1, 0.15) is 22.6 Å². The van der Waals surface area contributed by atoms with Gasteiger partial charge in [0.25, 0.3) is 5.91 Å². The Morgan fingerprint density at radius 2 is 2.10 bits per heavy atom. The van der Waals surface area contributed by atoms with Gasteiger partial charge in [-0.3, -0.25) is 4.79 Å². The molecule has 114 valence electrons. The Hall–Kier alpha value is -1.70. The topological polar surface area (TPSA) is 45.2 Å². The van der Waals surface area contributed by atoms with Crippen LogP contribution >= 0.6 is 0 Å². The van der Waals surface area contributed by atoms with Gasteiger partial charge in [0.2, 0.25) is 0 Å². The van der Waals surface area contributed by atoms with Crippen LogP contribution in [0, 0.1) is 11.7 Å². The average molecular weight is 303 g/mol. The number of carbonyl (C=O) groups excluding carboxylic acids is 1. The molecule has 3 unspecified atom stereocenters.